The molecule has 21 heavy (non-hydrogen) atoms. The molecule has 0 amide bonds. The normalized spacial score (nSPS) is 31.3. The fraction of sp³-hybridized carbons (Fsp3) is 0.600. The van der Waals surface area contributed by atoms with Gasteiger partial charge in [-0.3, -0.25) is 0 Å². The monoisotopic (exact) mass is 283 g/mol. The van der Waals surface area contributed by atoms with Crippen molar-refractivity contribution in [2.45, 2.75) is 70.3 Å². The second-order valence-corrected chi connectivity index (χ2v) is 6.89. The summed E-state index contributed by atoms with van der Waals surface area (Å²) in [5.41, 5.74) is 11.3. The molecule has 2 atom stereocenters. The van der Waals surface area contributed by atoms with E-state index in [1.165, 1.54) is 62.5 Å². The Morgan fingerprint density at radius 3 is 2.81 bits per heavy atom. The van der Waals surface area contributed by atoms with E-state index in [0.29, 0.717) is 5.92 Å². The standard InChI is InChI=1S/C20H29N/c1-2-3-15-20(21)18-13-8-6-4-5-7-11-16(18)17-12-9-10-14-19(17)20/h9-12,14,18H,2-8,13,15,21H2,1H3/b16-11-/t18-,20-/m1/s1. The fourth-order valence-electron chi connectivity index (χ4n) is 4.34. The van der Waals surface area contributed by atoms with E-state index in [4.69, 9.17) is 5.73 Å². The number of hydrogen-bond acceptors (Lipinski definition) is 1. The smallest absolute Gasteiger partial charge is 0.0485 e. The van der Waals surface area contributed by atoms with Crippen LogP contribution in [-0.4, -0.2) is 0 Å². The predicted octanol–water partition coefficient (Wildman–Crippen LogP) is 5.40. The molecule has 2 aliphatic carbocycles. The lowest BCUT2D eigenvalue weighted by atomic mass is 9.77. The van der Waals surface area contributed by atoms with Gasteiger partial charge in [0.2, 0.25) is 0 Å². The molecule has 0 spiro atoms. The molecule has 0 saturated carbocycles. The third kappa shape index (κ3) is 2.68. The lowest BCUT2D eigenvalue weighted by Crippen LogP contribution is -2.41. The molecule has 114 valence electrons. The Bertz CT molecular complexity index is 516. The van der Waals surface area contributed by atoms with Crippen LogP contribution in [0.4, 0.5) is 0 Å². The topological polar surface area (TPSA) is 26.0 Å². The van der Waals surface area contributed by atoms with Gasteiger partial charge in [-0.1, -0.05) is 69.4 Å². The summed E-state index contributed by atoms with van der Waals surface area (Å²) >= 11 is 0. The van der Waals surface area contributed by atoms with Crippen molar-refractivity contribution in [1.29, 1.82) is 0 Å². The van der Waals surface area contributed by atoms with Crippen LogP contribution >= 0.6 is 0 Å². The summed E-state index contributed by atoms with van der Waals surface area (Å²) in [7, 11) is 0. The highest BCUT2D eigenvalue weighted by Gasteiger charge is 2.45. The molecule has 1 aromatic carbocycles. The quantitative estimate of drug-likeness (QED) is 0.790. The van der Waals surface area contributed by atoms with Crippen molar-refractivity contribution in [3.63, 3.8) is 0 Å². The zero-order chi connectivity index (χ0) is 14.7. The second kappa shape index (κ2) is 6.36. The first-order valence-electron chi connectivity index (χ1n) is 8.86. The highest BCUT2D eigenvalue weighted by molar-refractivity contribution is 5.77. The molecule has 0 bridgehead atoms. The van der Waals surface area contributed by atoms with Crippen LogP contribution in [0.3, 0.4) is 0 Å². The molecule has 0 aromatic heterocycles. The average molecular weight is 283 g/mol. The minimum atomic E-state index is -0.122. The van der Waals surface area contributed by atoms with Gasteiger partial charge in [0.25, 0.3) is 0 Å². The van der Waals surface area contributed by atoms with Gasteiger partial charge in [-0.05, 0) is 42.4 Å². The molecule has 0 radical (unpaired) electrons. The summed E-state index contributed by atoms with van der Waals surface area (Å²) in [5.74, 6) is 0.541. The van der Waals surface area contributed by atoms with Crippen LogP contribution in [0, 0.1) is 5.92 Å². The van der Waals surface area contributed by atoms with Gasteiger partial charge in [-0.2, -0.15) is 0 Å². The van der Waals surface area contributed by atoms with Crippen LogP contribution in [0.25, 0.3) is 5.57 Å². The van der Waals surface area contributed by atoms with Crippen LogP contribution in [-0.2, 0) is 5.54 Å². The maximum Gasteiger partial charge on any atom is 0.0485 e. The van der Waals surface area contributed by atoms with E-state index in [1.54, 1.807) is 5.57 Å². The summed E-state index contributed by atoms with van der Waals surface area (Å²) in [5, 5.41) is 0. The van der Waals surface area contributed by atoms with E-state index >= 15 is 0 Å². The number of allylic oxidation sites excluding steroid dienone is 1. The highest BCUT2D eigenvalue weighted by atomic mass is 14.8. The molecule has 0 unspecified atom stereocenters. The van der Waals surface area contributed by atoms with E-state index in [2.05, 4.69) is 37.3 Å². The Balaban J connectivity index is 2.04. The lowest BCUT2D eigenvalue weighted by molar-refractivity contribution is 0.298. The molecule has 0 saturated heterocycles. The van der Waals surface area contributed by atoms with Crippen LogP contribution in [0.15, 0.2) is 30.3 Å². The van der Waals surface area contributed by atoms with Crippen molar-refractivity contribution < 1.29 is 0 Å². The summed E-state index contributed by atoms with van der Waals surface area (Å²) in [6, 6.07) is 8.92. The third-order valence-corrected chi connectivity index (χ3v) is 5.49. The summed E-state index contributed by atoms with van der Waals surface area (Å²) in [4.78, 5) is 0. The number of unbranched alkanes of at least 4 members (excludes halogenated alkanes) is 1. The number of rotatable bonds is 3. The number of fused-ring (bicyclic) bond motifs is 3. The minimum absolute atomic E-state index is 0.122. The van der Waals surface area contributed by atoms with Crippen LogP contribution in [0.2, 0.25) is 0 Å². The van der Waals surface area contributed by atoms with Gasteiger partial charge < -0.3 is 5.73 Å². The third-order valence-electron chi connectivity index (χ3n) is 5.49. The Labute approximate surface area is 129 Å². The van der Waals surface area contributed by atoms with Gasteiger partial charge in [-0.15, -0.1) is 0 Å². The van der Waals surface area contributed by atoms with Gasteiger partial charge in [-0.25, -0.2) is 0 Å². The van der Waals surface area contributed by atoms with Crippen molar-refractivity contribution in [2.24, 2.45) is 11.7 Å². The molecule has 1 aromatic rings. The lowest BCUT2D eigenvalue weighted by Gasteiger charge is -2.33. The molecular weight excluding hydrogens is 254 g/mol. The first-order valence-corrected chi connectivity index (χ1v) is 8.86. The molecule has 2 N–H and O–H groups in total. The highest BCUT2D eigenvalue weighted by Crippen LogP contribution is 2.52. The van der Waals surface area contributed by atoms with Crippen molar-refractivity contribution >= 4 is 5.57 Å². The largest absolute Gasteiger partial charge is 0.321 e. The van der Waals surface area contributed by atoms with E-state index in [0.717, 1.165) is 6.42 Å². The van der Waals surface area contributed by atoms with Crippen LogP contribution in [0.1, 0.15) is 75.8 Å². The zero-order valence-electron chi connectivity index (χ0n) is 13.4. The van der Waals surface area contributed by atoms with E-state index < -0.39 is 0 Å². The fourth-order valence-corrected chi connectivity index (χ4v) is 4.34. The van der Waals surface area contributed by atoms with E-state index in [9.17, 15) is 0 Å². The summed E-state index contributed by atoms with van der Waals surface area (Å²) in [6.07, 6.45) is 14.0. The molecule has 0 fully saturated rings. The van der Waals surface area contributed by atoms with E-state index in [-0.39, 0.29) is 5.54 Å². The second-order valence-electron chi connectivity index (χ2n) is 6.89. The maximum absolute atomic E-state index is 7.04. The summed E-state index contributed by atoms with van der Waals surface area (Å²) in [6.45, 7) is 2.27. The van der Waals surface area contributed by atoms with Crippen LogP contribution in [0.5, 0.6) is 0 Å². The SMILES string of the molecule is CCCC[C@]1(N)c2ccccc2/C2=C/CCCCCC[C@H]21. The first kappa shape index (κ1) is 14.8. The Kier molecular flexibility index (Phi) is 4.49. The summed E-state index contributed by atoms with van der Waals surface area (Å²) < 4.78 is 0. The molecular formula is C20H29N. The molecule has 0 heterocycles. The zero-order valence-corrected chi connectivity index (χ0v) is 13.4. The molecule has 3 rings (SSSR count). The average Bonchev–Trinajstić information content (AvgIpc) is 2.81. The number of nitrogens with two attached hydrogens (primary N) is 1. The first-order chi connectivity index (χ1) is 10.3. The van der Waals surface area contributed by atoms with Gasteiger partial charge in [0, 0.05) is 11.5 Å². The van der Waals surface area contributed by atoms with Crippen molar-refractivity contribution in [3.8, 4) is 0 Å². The molecule has 1 nitrogen and oxygen atoms in total. The van der Waals surface area contributed by atoms with Gasteiger partial charge in [0.15, 0.2) is 0 Å². The Hall–Kier alpha value is -1.08. The molecule has 0 aliphatic heterocycles. The van der Waals surface area contributed by atoms with E-state index in [1.807, 2.05) is 0 Å². The maximum atomic E-state index is 7.04. The van der Waals surface area contributed by atoms with Crippen molar-refractivity contribution in [2.75, 3.05) is 0 Å². The van der Waals surface area contributed by atoms with Gasteiger partial charge >= 0.3 is 0 Å². The van der Waals surface area contributed by atoms with Gasteiger partial charge in [0.1, 0.15) is 0 Å². The van der Waals surface area contributed by atoms with Crippen LogP contribution < -0.4 is 5.73 Å². The molecule has 2 aliphatic rings. The Morgan fingerprint density at radius 2 is 1.95 bits per heavy atom. The van der Waals surface area contributed by atoms with Gasteiger partial charge in [0.05, 0.1) is 0 Å². The minimum Gasteiger partial charge on any atom is -0.321 e. The number of hydrogen-bond donors (Lipinski definition) is 1. The molecule has 1 heteroatoms. The Morgan fingerprint density at radius 1 is 1.14 bits per heavy atom. The van der Waals surface area contributed by atoms with Crippen molar-refractivity contribution in [1.82, 2.24) is 0 Å². The van der Waals surface area contributed by atoms with Crippen molar-refractivity contribution in [3.05, 3.63) is 41.5 Å². The number of benzene rings is 1. The predicted molar refractivity (Wildman–Crippen MR) is 91.0 cm³/mol.